The second-order valence-electron chi connectivity index (χ2n) is 5.60. The van der Waals surface area contributed by atoms with Crippen LogP contribution in [0.5, 0.6) is 0 Å². The number of thiophene rings is 1. The van der Waals surface area contributed by atoms with Gasteiger partial charge >= 0.3 is 0 Å². The molecule has 1 atom stereocenters. The van der Waals surface area contributed by atoms with Gasteiger partial charge in [-0.3, -0.25) is 4.79 Å². The van der Waals surface area contributed by atoms with E-state index < -0.39 is 0 Å². The predicted octanol–water partition coefficient (Wildman–Crippen LogP) is 4.68. The molecular formula is C18H22N2OS. The first-order chi connectivity index (χ1) is 10.7. The number of rotatable bonds is 5. The molecule has 0 saturated carbocycles. The summed E-state index contributed by atoms with van der Waals surface area (Å²) in [7, 11) is 0. The Labute approximate surface area is 136 Å². The predicted molar refractivity (Wildman–Crippen MR) is 92.4 cm³/mol. The molecule has 116 valence electrons. The van der Waals surface area contributed by atoms with Crippen LogP contribution < -0.4 is 5.32 Å². The van der Waals surface area contributed by atoms with E-state index in [0.717, 1.165) is 37.1 Å². The molecule has 0 spiro atoms. The molecular weight excluding hydrogens is 292 g/mol. The summed E-state index contributed by atoms with van der Waals surface area (Å²) in [6.07, 6.45) is 3.11. The van der Waals surface area contributed by atoms with Gasteiger partial charge in [0.05, 0.1) is 5.56 Å². The van der Waals surface area contributed by atoms with Crippen LogP contribution in [0, 0.1) is 0 Å². The Bertz CT molecular complexity index is 665. The van der Waals surface area contributed by atoms with Crippen molar-refractivity contribution in [3.05, 3.63) is 51.7 Å². The largest absolute Gasteiger partial charge is 0.360 e. The van der Waals surface area contributed by atoms with Crippen LogP contribution in [0.25, 0.3) is 0 Å². The van der Waals surface area contributed by atoms with E-state index in [1.807, 2.05) is 29.2 Å². The second kappa shape index (κ2) is 6.53. The Kier molecular flexibility index (Phi) is 4.48. The third-order valence-electron chi connectivity index (χ3n) is 4.08. The highest BCUT2D eigenvalue weighted by molar-refractivity contribution is 7.12. The minimum Gasteiger partial charge on any atom is -0.360 e. The average Bonchev–Trinajstić information content (AvgIpc) is 3.03. The van der Waals surface area contributed by atoms with E-state index in [1.165, 1.54) is 9.75 Å². The van der Waals surface area contributed by atoms with Gasteiger partial charge in [0.15, 0.2) is 0 Å². The van der Waals surface area contributed by atoms with Gasteiger partial charge in [0, 0.05) is 22.0 Å². The van der Waals surface area contributed by atoms with E-state index >= 15 is 0 Å². The standard InChI is InChI=1S/C18H22N2OS/c1-3-5-12-20-17(16-11-10-13(4-2)22-16)19-15-9-7-6-8-14(15)18(20)21/h6-11,17,19H,3-5,12H2,1-2H3. The van der Waals surface area contributed by atoms with Crippen molar-refractivity contribution in [1.82, 2.24) is 4.90 Å². The van der Waals surface area contributed by atoms with Gasteiger partial charge in [-0.05, 0) is 37.1 Å². The Balaban J connectivity index is 1.97. The maximum Gasteiger partial charge on any atom is 0.257 e. The van der Waals surface area contributed by atoms with E-state index in [2.05, 4.69) is 31.3 Å². The Morgan fingerprint density at radius 3 is 2.73 bits per heavy atom. The highest BCUT2D eigenvalue weighted by Gasteiger charge is 2.32. The van der Waals surface area contributed by atoms with Crippen LogP contribution >= 0.6 is 11.3 Å². The third kappa shape index (κ3) is 2.75. The number of unbranched alkanes of at least 4 members (excludes halogenated alkanes) is 1. The number of fused-ring (bicyclic) bond motifs is 1. The number of hydrogen-bond acceptors (Lipinski definition) is 3. The molecule has 0 radical (unpaired) electrons. The third-order valence-corrected chi connectivity index (χ3v) is 5.36. The molecule has 2 aromatic rings. The van der Waals surface area contributed by atoms with E-state index in [9.17, 15) is 4.79 Å². The van der Waals surface area contributed by atoms with Gasteiger partial charge in [0.25, 0.3) is 5.91 Å². The molecule has 1 aromatic heterocycles. The summed E-state index contributed by atoms with van der Waals surface area (Å²) in [5.74, 6) is 0.138. The van der Waals surface area contributed by atoms with Crippen molar-refractivity contribution < 1.29 is 4.79 Å². The molecule has 1 aliphatic heterocycles. The van der Waals surface area contributed by atoms with Crippen molar-refractivity contribution in [2.45, 2.75) is 39.3 Å². The summed E-state index contributed by atoms with van der Waals surface area (Å²) in [4.78, 5) is 17.4. The fraction of sp³-hybridized carbons (Fsp3) is 0.389. The molecule has 0 saturated heterocycles. The first-order valence-electron chi connectivity index (χ1n) is 7.99. The molecule has 1 N–H and O–H groups in total. The van der Waals surface area contributed by atoms with Crippen molar-refractivity contribution in [3.63, 3.8) is 0 Å². The van der Waals surface area contributed by atoms with E-state index in [-0.39, 0.29) is 12.1 Å². The number of carbonyl (C=O) groups is 1. The quantitative estimate of drug-likeness (QED) is 0.869. The van der Waals surface area contributed by atoms with Gasteiger partial charge < -0.3 is 10.2 Å². The van der Waals surface area contributed by atoms with Gasteiger partial charge in [0.2, 0.25) is 0 Å². The Morgan fingerprint density at radius 1 is 1.18 bits per heavy atom. The molecule has 1 aromatic carbocycles. The molecule has 22 heavy (non-hydrogen) atoms. The van der Waals surface area contributed by atoms with Crippen LogP contribution in [-0.2, 0) is 6.42 Å². The summed E-state index contributed by atoms with van der Waals surface area (Å²) in [6, 6.07) is 12.1. The summed E-state index contributed by atoms with van der Waals surface area (Å²) >= 11 is 1.80. The summed E-state index contributed by atoms with van der Waals surface area (Å²) < 4.78 is 0. The number of nitrogens with zero attached hydrogens (tertiary/aromatic N) is 1. The van der Waals surface area contributed by atoms with Gasteiger partial charge in [-0.25, -0.2) is 0 Å². The molecule has 0 fully saturated rings. The zero-order chi connectivity index (χ0) is 15.5. The van der Waals surface area contributed by atoms with Crippen LogP contribution in [0.3, 0.4) is 0 Å². The summed E-state index contributed by atoms with van der Waals surface area (Å²) in [5.41, 5.74) is 1.72. The SMILES string of the molecule is CCCCN1C(=O)c2ccccc2NC1c1ccc(CC)s1. The fourth-order valence-electron chi connectivity index (χ4n) is 2.81. The van der Waals surface area contributed by atoms with Crippen LogP contribution in [-0.4, -0.2) is 17.4 Å². The smallest absolute Gasteiger partial charge is 0.257 e. The normalized spacial score (nSPS) is 17.3. The molecule has 1 aliphatic rings. The van der Waals surface area contributed by atoms with E-state index in [0.29, 0.717) is 0 Å². The minimum atomic E-state index is -0.0424. The van der Waals surface area contributed by atoms with E-state index in [4.69, 9.17) is 0 Å². The van der Waals surface area contributed by atoms with Crippen molar-refractivity contribution in [2.24, 2.45) is 0 Å². The lowest BCUT2D eigenvalue weighted by atomic mass is 10.1. The molecule has 3 nitrogen and oxygen atoms in total. The van der Waals surface area contributed by atoms with Gasteiger partial charge in [-0.1, -0.05) is 32.4 Å². The summed E-state index contributed by atoms with van der Waals surface area (Å²) in [6.45, 7) is 5.12. The topological polar surface area (TPSA) is 32.3 Å². The van der Waals surface area contributed by atoms with Crippen molar-refractivity contribution in [2.75, 3.05) is 11.9 Å². The van der Waals surface area contributed by atoms with Crippen LogP contribution in [0.2, 0.25) is 0 Å². The van der Waals surface area contributed by atoms with Gasteiger partial charge in [-0.2, -0.15) is 0 Å². The number of benzene rings is 1. The number of carbonyl (C=O) groups excluding carboxylic acids is 1. The van der Waals surface area contributed by atoms with Crippen LogP contribution in [0.15, 0.2) is 36.4 Å². The van der Waals surface area contributed by atoms with Crippen molar-refractivity contribution in [1.29, 1.82) is 0 Å². The average molecular weight is 314 g/mol. The molecule has 1 amide bonds. The van der Waals surface area contributed by atoms with Crippen molar-refractivity contribution in [3.8, 4) is 0 Å². The molecule has 3 rings (SSSR count). The van der Waals surface area contributed by atoms with Crippen LogP contribution in [0.4, 0.5) is 5.69 Å². The zero-order valence-corrected chi connectivity index (χ0v) is 14.0. The minimum absolute atomic E-state index is 0.0424. The first kappa shape index (κ1) is 15.1. The number of para-hydroxylation sites is 1. The Hall–Kier alpha value is -1.81. The molecule has 0 aliphatic carbocycles. The molecule has 2 heterocycles. The number of aryl methyl sites for hydroxylation is 1. The zero-order valence-electron chi connectivity index (χ0n) is 13.1. The molecule has 4 heteroatoms. The number of amides is 1. The van der Waals surface area contributed by atoms with Gasteiger partial charge in [-0.15, -0.1) is 11.3 Å². The highest BCUT2D eigenvalue weighted by Crippen LogP contribution is 2.36. The number of hydrogen-bond donors (Lipinski definition) is 1. The first-order valence-corrected chi connectivity index (χ1v) is 8.81. The fourth-order valence-corrected chi connectivity index (χ4v) is 3.83. The summed E-state index contributed by atoms with van der Waals surface area (Å²) in [5, 5.41) is 3.56. The van der Waals surface area contributed by atoms with Crippen LogP contribution in [0.1, 0.15) is 53.0 Å². The lowest BCUT2D eigenvalue weighted by Crippen LogP contribution is -2.43. The maximum atomic E-state index is 12.9. The highest BCUT2D eigenvalue weighted by atomic mass is 32.1. The second-order valence-corrected chi connectivity index (χ2v) is 6.80. The van der Waals surface area contributed by atoms with Gasteiger partial charge in [0.1, 0.15) is 6.17 Å². The lowest BCUT2D eigenvalue weighted by molar-refractivity contribution is 0.0683. The number of nitrogens with one attached hydrogen (secondary N) is 1. The Morgan fingerprint density at radius 2 is 2.00 bits per heavy atom. The van der Waals surface area contributed by atoms with E-state index in [1.54, 1.807) is 11.3 Å². The molecule has 1 unspecified atom stereocenters. The van der Waals surface area contributed by atoms with Crippen molar-refractivity contribution >= 4 is 22.9 Å². The monoisotopic (exact) mass is 314 g/mol. The maximum absolute atomic E-state index is 12.9. The number of anilines is 1. The lowest BCUT2D eigenvalue weighted by Gasteiger charge is -2.37. The molecule has 0 bridgehead atoms.